The lowest BCUT2D eigenvalue weighted by atomic mass is 10.0. The number of fused-ring (bicyclic) bond motifs is 2. The highest BCUT2D eigenvalue weighted by molar-refractivity contribution is 5.98. The van der Waals surface area contributed by atoms with Gasteiger partial charge >= 0.3 is 12.1 Å². The number of carbonyl (C=O) groups excluding carboxylic acids is 1. The molecule has 0 aliphatic heterocycles. The zero-order valence-electron chi connectivity index (χ0n) is 25.2. The number of carbonyl (C=O) groups is 2. The van der Waals surface area contributed by atoms with E-state index in [-0.39, 0.29) is 23.2 Å². The number of benzene rings is 2. The van der Waals surface area contributed by atoms with Crippen molar-refractivity contribution in [1.29, 1.82) is 0 Å². The molecule has 246 valence electrons. The van der Waals surface area contributed by atoms with Crippen LogP contribution in [0.15, 0.2) is 65.7 Å². The van der Waals surface area contributed by atoms with E-state index in [2.05, 4.69) is 10.3 Å². The summed E-state index contributed by atoms with van der Waals surface area (Å²) in [4.78, 5) is 43.0. The molecule has 0 fully saturated rings. The maximum absolute atomic E-state index is 14.9. The molecule has 0 radical (unpaired) electrons. The van der Waals surface area contributed by atoms with Crippen LogP contribution in [0.2, 0.25) is 0 Å². The molecule has 0 bridgehead atoms. The van der Waals surface area contributed by atoms with Crippen molar-refractivity contribution in [2.24, 2.45) is 7.05 Å². The number of aliphatic carboxylic acids is 1. The molecule has 2 aromatic carbocycles. The zero-order chi connectivity index (χ0) is 34.2. The summed E-state index contributed by atoms with van der Waals surface area (Å²) >= 11 is 0. The van der Waals surface area contributed by atoms with Crippen LogP contribution in [-0.4, -0.2) is 56.3 Å². The van der Waals surface area contributed by atoms with E-state index in [1.807, 2.05) is 5.32 Å². The molecule has 5 rings (SSSR count). The number of amides is 1. The first-order valence-corrected chi connectivity index (χ1v) is 14.2. The fourth-order valence-corrected chi connectivity index (χ4v) is 5.48. The number of aryl methyl sites for hydroxylation is 1. The van der Waals surface area contributed by atoms with Gasteiger partial charge < -0.3 is 29.4 Å². The van der Waals surface area contributed by atoms with E-state index in [9.17, 15) is 41.4 Å². The van der Waals surface area contributed by atoms with Crippen LogP contribution >= 0.6 is 0 Å². The lowest BCUT2D eigenvalue weighted by molar-refractivity contribution is -0.143. The van der Waals surface area contributed by atoms with Gasteiger partial charge in [-0.25, -0.2) is 18.6 Å². The predicted molar refractivity (Wildman–Crippen MR) is 163 cm³/mol. The van der Waals surface area contributed by atoms with Crippen LogP contribution in [0.25, 0.3) is 27.7 Å². The van der Waals surface area contributed by atoms with Crippen molar-refractivity contribution in [1.82, 2.24) is 19.3 Å². The van der Waals surface area contributed by atoms with Crippen LogP contribution < -0.4 is 20.9 Å². The van der Waals surface area contributed by atoms with Gasteiger partial charge in [0.15, 0.2) is 0 Å². The number of nitrogens with one attached hydrogen (secondary N) is 2. The molecule has 1 amide bonds. The molecule has 0 aliphatic rings. The third-order valence-corrected chi connectivity index (χ3v) is 7.79. The number of carboxylic acids is 1. The highest BCUT2D eigenvalue weighted by Crippen LogP contribution is 2.36. The molecule has 0 saturated heterocycles. The molecule has 0 saturated carbocycles. The van der Waals surface area contributed by atoms with Crippen LogP contribution in [0.1, 0.15) is 29.4 Å². The van der Waals surface area contributed by atoms with Gasteiger partial charge in [-0.05, 0) is 42.8 Å². The first-order chi connectivity index (χ1) is 22.3. The monoisotopic (exact) mass is 657 g/mol. The Balaban J connectivity index is 1.46. The molecule has 3 aromatic heterocycles. The van der Waals surface area contributed by atoms with Gasteiger partial charge in [0.25, 0.3) is 11.5 Å². The van der Waals surface area contributed by atoms with Crippen molar-refractivity contribution in [3.05, 3.63) is 94.2 Å². The third-order valence-electron chi connectivity index (χ3n) is 7.79. The number of nitrogens with zero attached hydrogens (tertiary/aromatic N) is 3. The quantitative estimate of drug-likeness (QED) is 0.174. The van der Waals surface area contributed by atoms with E-state index in [1.54, 1.807) is 37.4 Å². The number of ether oxygens (including phenoxy) is 1. The molecular weight excluding hydrogens is 629 g/mol. The number of pyridine rings is 2. The summed E-state index contributed by atoms with van der Waals surface area (Å²) in [5.41, 5.74) is -0.269. The standard InChI is InChI=1S/C32H28F5N5O5/c1-4-24(32(35,36)37)39-16-13-20(33)26(21(34)14-16)29(43)40-22(31(45)46)15-17-9-10-19(28-38-11-12-42(17)28)25-27(47-3)18-7-5-6-8-23(18)41(2)30(25)44/h5-14,22,24,39H,4,15H2,1-3H3,(H,40,43)(H,45,46). The average molecular weight is 658 g/mol. The van der Waals surface area contributed by atoms with Gasteiger partial charge in [0.1, 0.15) is 40.7 Å². The predicted octanol–water partition coefficient (Wildman–Crippen LogP) is 5.32. The fourth-order valence-electron chi connectivity index (χ4n) is 5.48. The Hall–Kier alpha value is -5.47. The van der Waals surface area contributed by atoms with Gasteiger partial charge in [-0.2, -0.15) is 13.2 Å². The van der Waals surface area contributed by atoms with Gasteiger partial charge in [0.05, 0.1) is 18.2 Å². The molecule has 3 heterocycles. The lowest BCUT2D eigenvalue weighted by Gasteiger charge is -2.22. The van der Waals surface area contributed by atoms with E-state index < -0.39 is 59.4 Å². The number of hydrogen-bond acceptors (Lipinski definition) is 6. The van der Waals surface area contributed by atoms with Gasteiger partial charge in [-0.15, -0.1) is 0 Å². The summed E-state index contributed by atoms with van der Waals surface area (Å²) < 4.78 is 77.7. The third kappa shape index (κ3) is 6.20. The molecule has 0 aliphatic carbocycles. The number of halogens is 5. The minimum absolute atomic E-state index is 0.212. The topological polar surface area (TPSA) is 127 Å². The Morgan fingerprint density at radius 3 is 2.38 bits per heavy atom. The van der Waals surface area contributed by atoms with E-state index in [0.717, 1.165) is 0 Å². The Kier molecular flexibility index (Phi) is 8.91. The van der Waals surface area contributed by atoms with Gasteiger partial charge in [-0.1, -0.05) is 19.1 Å². The minimum atomic E-state index is -4.69. The molecule has 10 nitrogen and oxygen atoms in total. The summed E-state index contributed by atoms with van der Waals surface area (Å²) in [5, 5.41) is 14.7. The van der Waals surface area contributed by atoms with Gasteiger partial charge in [0.2, 0.25) is 0 Å². The van der Waals surface area contributed by atoms with Gasteiger partial charge in [-0.3, -0.25) is 9.59 Å². The number of aromatic nitrogens is 3. The number of anilines is 1. The van der Waals surface area contributed by atoms with Crippen molar-refractivity contribution in [3.63, 3.8) is 0 Å². The highest BCUT2D eigenvalue weighted by Gasteiger charge is 2.38. The first kappa shape index (κ1) is 32.9. The maximum atomic E-state index is 14.9. The van der Waals surface area contributed by atoms with Crippen molar-refractivity contribution in [2.75, 3.05) is 12.4 Å². The molecule has 2 unspecified atom stereocenters. The van der Waals surface area contributed by atoms with Crippen LogP contribution in [0.3, 0.4) is 0 Å². The highest BCUT2D eigenvalue weighted by atomic mass is 19.4. The molecule has 5 aromatic rings. The molecule has 15 heteroatoms. The number of rotatable bonds is 10. The summed E-state index contributed by atoms with van der Waals surface area (Å²) in [6.07, 6.45) is -2.55. The molecule has 2 atom stereocenters. The van der Waals surface area contributed by atoms with Crippen molar-refractivity contribution in [2.45, 2.75) is 38.0 Å². The number of carboxylic acid groups (broad SMARTS) is 1. The zero-order valence-corrected chi connectivity index (χ0v) is 25.2. The summed E-state index contributed by atoms with van der Waals surface area (Å²) in [6.45, 7) is 1.23. The number of para-hydroxylation sites is 1. The van der Waals surface area contributed by atoms with E-state index >= 15 is 0 Å². The summed E-state index contributed by atoms with van der Waals surface area (Å²) in [6, 6.07) is 7.51. The van der Waals surface area contributed by atoms with Crippen molar-refractivity contribution >= 4 is 34.1 Å². The molecule has 0 spiro atoms. The van der Waals surface area contributed by atoms with Crippen LogP contribution in [0.5, 0.6) is 5.75 Å². The smallest absolute Gasteiger partial charge is 0.408 e. The molecular formula is C32H28F5N5O5. The second-order valence-corrected chi connectivity index (χ2v) is 10.7. The second kappa shape index (κ2) is 12.7. The largest absolute Gasteiger partial charge is 0.495 e. The normalized spacial score (nSPS) is 13.0. The summed E-state index contributed by atoms with van der Waals surface area (Å²) in [5.74, 6) is -5.62. The molecule has 3 N–H and O–H groups in total. The van der Waals surface area contributed by atoms with Crippen LogP contribution in [0.4, 0.5) is 27.6 Å². The summed E-state index contributed by atoms with van der Waals surface area (Å²) in [7, 11) is 3.05. The Labute approximate surface area is 263 Å². The van der Waals surface area contributed by atoms with Gasteiger partial charge in [0, 0.05) is 48.2 Å². The van der Waals surface area contributed by atoms with Crippen LogP contribution in [0, 0.1) is 11.6 Å². The molecule has 47 heavy (non-hydrogen) atoms. The van der Waals surface area contributed by atoms with E-state index in [1.165, 1.54) is 41.5 Å². The van der Waals surface area contributed by atoms with E-state index in [4.69, 9.17) is 4.74 Å². The Morgan fingerprint density at radius 2 is 1.77 bits per heavy atom. The minimum Gasteiger partial charge on any atom is -0.495 e. The maximum Gasteiger partial charge on any atom is 0.408 e. The average Bonchev–Trinajstić information content (AvgIpc) is 3.51. The number of methoxy groups -OCH3 is 1. The lowest BCUT2D eigenvalue weighted by Crippen LogP contribution is -2.43. The number of imidazole rings is 1. The van der Waals surface area contributed by atoms with Crippen molar-refractivity contribution in [3.8, 4) is 16.9 Å². The van der Waals surface area contributed by atoms with E-state index in [0.29, 0.717) is 40.0 Å². The Morgan fingerprint density at radius 1 is 1.09 bits per heavy atom. The first-order valence-electron chi connectivity index (χ1n) is 14.2. The Bertz CT molecular complexity index is 2050. The SMILES string of the molecule is CCC(Nc1cc(F)c(C(=O)NC(Cc2ccc(-c3c(OC)c4ccccc4n(C)c3=O)c3nccn23)C(=O)O)c(F)c1)C(F)(F)F. The number of alkyl halides is 3. The second-order valence-electron chi connectivity index (χ2n) is 10.7. The van der Waals surface area contributed by atoms with Crippen LogP contribution in [-0.2, 0) is 18.3 Å². The van der Waals surface area contributed by atoms with Crippen molar-refractivity contribution < 1.29 is 41.4 Å². The fraction of sp³-hybridized carbons (Fsp3) is 0.250. The number of hydrogen-bond donors (Lipinski definition) is 3.